The lowest BCUT2D eigenvalue weighted by Crippen LogP contribution is -2.40. The van der Waals surface area contributed by atoms with Crippen molar-refractivity contribution in [2.45, 2.75) is 44.9 Å². The predicted molar refractivity (Wildman–Crippen MR) is 101 cm³/mol. The summed E-state index contributed by atoms with van der Waals surface area (Å²) in [5, 5.41) is 3.35. The van der Waals surface area contributed by atoms with E-state index in [0.717, 1.165) is 38.1 Å². The summed E-state index contributed by atoms with van der Waals surface area (Å²) in [4.78, 5) is 0.355. The molecule has 0 bridgehead atoms. The lowest BCUT2D eigenvalue weighted by molar-refractivity contribution is 0.268. The Labute approximate surface area is 152 Å². The van der Waals surface area contributed by atoms with Crippen LogP contribution in [0.15, 0.2) is 29.2 Å². The van der Waals surface area contributed by atoms with Gasteiger partial charge < -0.3 is 10.1 Å². The Bertz CT molecular complexity index is 606. The van der Waals surface area contributed by atoms with Crippen LogP contribution >= 0.6 is 0 Å². The first-order valence-corrected chi connectivity index (χ1v) is 10.8. The zero-order chi connectivity index (χ0) is 18.3. The molecule has 5 nitrogen and oxygen atoms in total. The normalized spacial score (nSPS) is 17.1. The summed E-state index contributed by atoms with van der Waals surface area (Å²) in [5.74, 6) is 1.89. The van der Waals surface area contributed by atoms with Gasteiger partial charge in [0.05, 0.1) is 11.5 Å². The van der Waals surface area contributed by atoms with E-state index in [1.54, 1.807) is 28.6 Å². The summed E-state index contributed by atoms with van der Waals surface area (Å²) in [5.41, 5.74) is 0. The monoisotopic (exact) mass is 368 g/mol. The van der Waals surface area contributed by atoms with Crippen molar-refractivity contribution in [3.05, 3.63) is 24.3 Å². The quantitative estimate of drug-likeness (QED) is 0.727. The van der Waals surface area contributed by atoms with Gasteiger partial charge in [-0.1, -0.05) is 20.8 Å². The van der Waals surface area contributed by atoms with Crippen LogP contribution in [0, 0.1) is 11.8 Å². The Hall–Kier alpha value is -1.11. The van der Waals surface area contributed by atoms with Crippen LogP contribution in [0.1, 0.15) is 40.0 Å². The van der Waals surface area contributed by atoms with Gasteiger partial charge in [0.25, 0.3) is 0 Å². The summed E-state index contributed by atoms with van der Waals surface area (Å²) in [6, 6.07) is 6.83. The van der Waals surface area contributed by atoms with Gasteiger partial charge in [0.15, 0.2) is 0 Å². The zero-order valence-electron chi connectivity index (χ0n) is 15.7. The van der Waals surface area contributed by atoms with E-state index in [0.29, 0.717) is 36.4 Å². The molecule has 1 saturated heterocycles. The molecular formula is C19H32N2O3S. The molecule has 0 radical (unpaired) electrons. The number of sulfonamides is 1. The van der Waals surface area contributed by atoms with Crippen molar-refractivity contribution in [1.82, 2.24) is 9.62 Å². The fourth-order valence-electron chi connectivity index (χ4n) is 2.97. The van der Waals surface area contributed by atoms with Gasteiger partial charge in [0, 0.05) is 13.1 Å². The Kier molecular flexibility index (Phi) is 7.72. The van der Waals surface area contributed by atoms with E-state index in [-0.39, 0.29) is 0 Å². The highest BCUT2D eigenvalue weighted by Crippen LogP contribution is 2.25. The second kappa shape index (κ2) is 9.55. The molecule has 1 aliphatic rings. The van der Waals surface area contributed by atoms with Crippen LogP contribution < -0.4 is 10.1 Å². The van der Waals surface area contributed by atoms with Crippen molar-refractivity contribution < 1.29 is 13.2 Å². The third-order valence-corrected chi connectivity index (χ3v) is 6.59. The summed E-state index contributed by atoms with van der Waals surface area (Å²) in [7, 11) is -3.40. The number of nitrogens with one attached hydrogen (secondary N) is 1. The third-order valence-electron chi connectivity index (χ3n) is 4.68. The zero-order valence-corrected chi connectivity index (χ0v) is 16.5. The highest BCUT2D eigenvalue weighted by Gasteiger charge is 2.29. The molecule has 1 aliphatic heterocycles. The first-order valence-electron chi connectivity index (χ1n) is 9.37. The maximum Gasteiger partial charge on any atom is 0.243 e. The first-order chi connectivity index (χ1) is 11.9. The maximum absolute atomic E-state index is 12.8. The number of nitrogens with zero attached hydrogens (tertiary/aromatic N) is 1. The Morgan fingerprint density at radius 1 is 1.20 bits per heavy atom. The number of hydrogen-bond acceptors (Lipinski definition) is 4. The molecule has 0 amide bonds. The lowest BCUT2D eigenvalue weighted by Gasteiger charge is -2.31. The van der Waals surface area contributed by atoms with Gasteiger partial charge in [0.2, 0.25) is 10.0 Å². The molecule has 0 saturated carbocycles. The van der Waals surface area contributed by atoms with Crippen molar-refractivity contribution in [2.24, 2.45) is 11.8 Å². The van der Waals surface area contributed by atoms with Crippen LogP contribution in [0.2, 0.25) is 0 Å². The average molecular weight is 369 g/mol. The Morgan fingerprint density at radius 2 is 1.84 bits per heavy atom. The van der Waals surface area contributed by atoms with E-state index in [1.165, 1.54) is 0 Å². The van der Waals surface area contributed by atoms with E-state index < -0.39 is 10.0 Å². The van der Waals surface area contributed by atoms with Crippen LogP contribution in [0.3, 0.4) is 0 Å². The molecule has 25 heavy (non-hydrogen) atoms. The van der Waals surface area contributed by atoms with Gasteiger partial charge in [-0.25, -0.2) is 8.42 Å². The largest absolute Gasteiger partial charge is 0.494 e. The van der Waals surface area contributed by atoms with Gasteiger partial charge >= 0.3 is 0 Å². The van der Waals surface area contributed by atoms with Crippen LogP contribution in [0.4, 0.5) is 0 Å². The third kappa shape index (κ3) is 5.97. The van der Waals surface area contributed by atoms with Crippen LogP contribution in [-0.4, -0.2) is 45.5 Å². The molecule has 1 heterocycles. The molecule has 2 rings (SSSR count). The van der Waals surface area contributed by atoms with Gasteiger partial charge in [-0.3, -0.25) is 0 Å². The summed E-state index contributed by atoms with van der Waals surface area (Å²) in [6.07, 6.45) is 2.83. The summed E-state index contributed by atoms with van der Waals surface area (Å²) >= 11 is 0. The Balaban J connectivity index is 1.91. The number of piperidine rings is 1. The maximum atomic E-state index is 12.8. The minimum atomic E-state index is -3.40. The van der Waals surface area contributed by atoms with Gasteiger partial charge in [0.1, 0.15) is 5.75 Å². The minimum Gasteiger partial charge on any atom is -0.494 e. The molecule has 1 N–H and O–H groups in total. The first kappa shape index (κ1) is 20.2. The number of ether oxygens (including phenoxy) is 1. The fourth-order valence-corrected chi connectivity index (χ4v) is 4.44. The van der Waals surface area contributed by atoms with E-state index in [2.05, 4.69) is 26.1 Å². The second-order valence-corrected chi connectivity index (χ2v) is 9.10. The number of rotatable bonds is 9. The molecule has 142 valence electrons. The fraction of sp³-hybridized carbons (Fsp3) is 0.684. The van der Waals surface area contributed by atoms with E-state index in [1.807, 2.05) is 0 Å². The van der Waals surface area contributed by atoms with Gasteiger partial charge in [-0.15, -0.1) is 0 Å². The van der Waals surface area contributed by atoms with Crippen molar-refractivity contribution in [1.29, 1.82) is 0 Å². The number of hydrogen-bond donors (Lipinski definition) is 1. The molecule has 0 aliphatic carbocycles. The molecule has 1 aromatic rings. The molecule has 0 spiro atoms. The molecule has 0 unspecified atom stereocenters. The topological polar surface area (TPSA) is 58.6 Å². The SMILES string of the molecule is CCNCC1CCN(S(=O)(=O)c2ccc(OCCC(C)C)cc2)CC1. The van der Waals surface area contributed by atoms with Crippen LogP contribution in [0.5, 0.6) is 5.75 Å². The average Bonchev–Trinajstić information content (AvgIpc) is 2.60. The highest BCUT2D eigenvalue weighted by atomic mass is 32.2. The molecular weight excluding hydrogens is 336 g/mol. The molecule has 0 atom stereocenters. The van der Waals surface area contributed by atoms with Crippen molar-refractivity contribution in [2.75, 3.05) is 32.8 Å². The number of benzene rings is 1. The van der Waals surface area contributed by atoms with Crippen molar-refractivity contribution in [3.8, 4) is 5.75 Å². The smallest absolute Gasteiger partial charge is 0.243 e. The molecule has 6 heteroatoms. The van der Waals surface area contributed by atoms with Gasteiger partial charge in [-0.05, 0) is 68.5 Å². The predicted octanol–water partition coefficient (Wildman–Crippen LogP) is 3.12. The standard InChI is InChI=1S/C19H32N2O3S/c1-4-20-15-17-9-12-21(13-10-17)25(22,23)19-7-5-18(6-8-19)24-14-11-16(2)3/h5-8,16-17,20H,4,9-15H2,1-3H3. The molecule has 1 aromatic carbocycles. The minimum absolute atomic E-state index is 0.355. The van der Waals surface area contributed by atoms with E-state index in [4.69, 9.17) is 4.74 Å². The van der Waals surface area contributed by atoms with Crippen molar-refractivity contribution >= 4 is 10.0 Å². The van der Waals surface area contributed by atoms with E-state index >= 15 is 0 Å². The van der Waals surface area contributed by atoms with Crippen molar-refractivity contribution in [3.63, 3.8) is 0 Å². The molecule has 0 aromatic heterocycles. The summed E-state index contributed by atoms with van der Waals surface area (Å²) in [6.45, 7) is 10.2. The van der Waals surface area contributed by atoms with Crippen LogP contribution in [0.25, 0.3) is 0 Å². The molecule has 1 fully saturated rings. The second-order valence-electron chi connectivity index (χ2n) is 7.16. The van der Waals surface area contributed by atoms with E-state index in [9.17, 15) is 8.42 Å². The summed E-state index contributed by atoms with van der Waals surface area (Å²) < 4.78 is 32.9. The highest BCUT2D eigenvalue weighted by molar-refractivity contribution is 7.89. The Morgan fingerprint density at radius 3 is 2.40 bits per heavy atom. The lowest BCUT2D eigenvalue weighted by atomic mass is 9.98. The van der Waals surface area contributed by atoms with Crippen LogP contribution in [-0.2, 0) is 10.0 Å². The van der Waals surface area contributed by atoms with Gasteiger partial charge in [-0.2, -0.15) is 4.31 Å².